The molecular weight excluding hydrogens is 504 g/mol. The number of nitrogens with one attached hydrogen (secondary N) is 4. The van der Waals surface area contributed by atoms with Crippen molar-refractivity contribution in [1.29, 1.82) is 0 Å². The lowest BCUT2D eigenvalue weighted by Crippen LogP contribution is -2.57. The van der Waals surface area contributed by atoms with Crippen LogP contribution < -0.4 is 21.3 Å². The predicted molar refractivity (Wildman–Crippen MR) is 152 cm³/mol. The number of Topliss-reactive ketones (excluding diaryl/α,β-unsaturated/α-hetero) is 1. The largest absolute Gasteiger partial charge is 0.354 e. The Kier molecular flexibility index (Phi) is 15.3. The second-order valence-corrected chi connectivity index (χ2v) is 11.1. The summed E-state index contributed by atoms with van der Waals surface area (Å²) >= 11 is 1.56. The fourth-order valence-corrected chi connectivity index (χ4v) is 4.25. The van der Waals surface area contributed by atoms with Crippen LogP contribution in [0.1, 0.15) is 59.4 Å². The zero-order valence-corrected chi connectivity index (χ0v) is 24.3. The first-order valence-electron chi connectivity index (χ1n) is 13.2. The highest BCUT2D eigenvalue weighted by Crippen LogP contribution is 2.10. The van der Waals surface area contributed by atoms with Gasteiger partial charge in [-0.2, -0.15) is 11.8 Å². The molecule has 0 heterocycles. The summed E-state index contributed by atoms with van der Waals surface area (Å²) in [5.41, 5.74) is 0.860. The van der Waals surface area contributed by atoms with E-state index in [1.54, 1.807) is 11.8 Å². The van der Waals surface area contributed by atoms with Crippen LogP contribution in [0, 0.1) is 11.8 Å². The molecule has 1 rings (SSSR count). The number of rotatable bonds is 17. The molecule has 0 bridgehead atoms. The van der Waals surface area contributed by atoms with E-state index in [9.17, 15) is 24.0 Å². The van der Waals surface area contributed by atoms with Gasteiger partial charge in [0.05, 0.1) is 0 Å². The molecule has 0 aliphatic carbocycles. The van der Waals surface area contributed by atoms with E-state index in [2.05, 4.69) is 21.3 Å². The summed E-state index contributed by atoms with van der Waals surface area (Å²) in [4.78, 5) is 63.1. The van der Waals surface area contributed by atoms with E-state index in [1.807, 2.05) is 64.3 Å². The van der Waals surface area contributed by atoms with Crippen molar-refractivity contribution < 1.29 is 24.0 Å². The molecule has 0 saturated heterocycles. The molecule has 1 aromatic carbocycles. The van der Waals surface area contributed by atoms with Crippen molar-refractivity contribution in [3.8, 4) is 0 Å². The third kappa shape index (κ3) is 13.1. The lowest BCUT2D eigenvalue weighted by Gasteiger charge is -2.26. The zero-order chi connectivity index (χ0) is 28.7. The Hall–Kier alpha value is -2.88. The van der Waals surface area contributed by atoms with Gasteiger partial charge in [-0.25, -0.2) is 0 Å². The van der Waals surface area contributed by atoms with E-state index >= 15 is 0 Å². The summed E-state index contributed by atoms with van der Waals surface area (Å²) < 4.78 is 0. The van der Waals surface area contributed by atoms with E-state index < -0.39 is 35.8 Å². The standard InChI is InChI=1S/C28H44N4O5S/c1-18(2)16-23(31-27(36)22(13-15-38-6)30-20(5)33)28(37)32-24(17-21-10-8-7-9-11-21)26(35)29-14-12-25(34)19(3)4/h7-11,18-19,22-24H,12-17H2,1-6H3,(H,29,35)(H,30,33)(H,31,36)(H,32,37). The molecule has 9 nitrogen and oxygen atoms in total. The van der Waals surface area contributed by atoms with Crippen LogP contribution >= 0.6 is 11.8 Å². The summed E-state index contributed by atoms with van der Waals surface area (Å²) in [6.07, 6.45) is 3.16. The maximum atomic E-state index is 13.4. The van der Waals surface area contributed by atoms with Crippen molar-refractivity contribution in [2.24, 2.45) is 11.8 Å². The molecule has 0 fully saturated rings. The van der Waals surface area contributed by atoms with Crippen LogP contribution in [-0.4, -0.2) is 66.1 Å². The number of carbonyl (C=O) groups is 5. The molecule has 10 heteroatoms. The lowest BCUT2D eigenvalue weighted by atomic mass is 10.0. The minimum absolute atomic E-state index is 0.0452. The first-order chi connectivity index (χ1) is 17.9. The van der Waals surface area contributed by atoms with Crippen molar-refractivity contribution in [2.45, 2.75) is 78.4 Å². The first kappa shape index (κ1) is 33.1. The third-order valence-electron chi connectivity index (χ3n) is 5.87. The van der Waals surface area contributed by atoms with Gasteiger partial charge in [-0.1, -0.05) is 58.0 Å². The molecule has 0 spiro atoms. The van der Waals surface area contributed by atoms with E-state index in [4.69, 9.17) is 0 Å². The summed E-state index contributed by atoms with van der Waals surface area (Å²) in [5.74, 6) is -0.971. The SMILES string of the molecule is CSCCC(NC(C)=O)C(=O)NC(CC(C)C)C(=O)NC(Cc1ccccc1)C(=O)NCCC(=O)C(C)C. The number of hydrogen-bond acceptors (Lipinski definition) is 6. The number of hydrogen-bond donors (Lipinski definition) is 4. The molecule has 0 radical (unpaired) electrons. The monoisotopic (exact) mass is 548 g/mol. The maximum absolute atomic E-state index is 13.4. The van der Waals surface area contributed by atoms with Crippen LogP contribution in [0.4, 0.5) is 0 Å². The third-order valence-corrected chi connectivity index (χ3v) is 6.52. The fourth-order valence-electron chi connectivity index (χ4n) is 3.78. The number of ketones is 1. The topological polar surface area (TPSA) is 133 Å². The highest BCUT2D eigenvalue weighted by molar-refractivity contribution is 7.98. The molecule has 0 aromatic heterocycles. The normalized spacial score (nSPS) is 13.4. The molecule has 38 heavy (non-hydrogen) atoms. The van der Waals surface area contributed by atoms with E-state index in [0.717, 1.165) is 5.56 Å². The molecule has 212 valence electrons. The Morgan fingerprint density at radius 3 is 1.97 bits per heavy atom. The molecule has 1 aromatic rings. The summed E-state index contributed by atoms with van der Waals surface area (Å²) in [5, 5.41) is 11.0. The number of carbonyl (C=O) groups excluding carboxylic acids is 5. The van der Waals surface area contributed by atoms with Crippen LogP contribution in [0.3, 0.4) is 0 Å². The molecule has 3 atom stereocenters. The Labute approximate surface area is 231 Å². The van der Waals surface area contributed by atoms with Crippen molar-refractivity contribution >= 4 is 41.2 Å². The molecule has 3 unspecified atom stereocenters. The predicted octanol–water partition coefficient (Wildman–Crippen LogP) is 2.23. The van der Waals surface area contributed by atoms with Crippen LogP contribution in [0.15, 0.2) is 30.3 Å². The Bertz CT molecular complexity index is 923. The van der Waals surface area contributed by atoms with E-state index in [-0.39, 0.29) is 42.9 Å². The van der Waals surface area contributed by atoms with Crippen LogP contribution in [0.25, 0.3) is 0 Å². The summed E-state index contributed by atoms with van der Waals surface area (Å²) in [6, 6.07) is 6.76. The van der Waals surface area contributed by atoms with Crippen molar-refractivity contribution in [3.63, 3.8) is 0 Å². The molecule has 0 aliphatic rings. The molecule has 4 amide bonds. The van der Waals surface area contributed by atoms with Crippen molar-refractivity contribution in [3.05, 3.63) is 35.9 Å². The van der Waals surface area contributed by atoms with E-state index in [1.165, 1.54) is 6.92 Å². The van der Waals surface area contributed by atoms with Crippen molar-refractivity contribution in [2.75, 3.05) is 18.6 Å². The zero-order valence-electron chi connectivity index (χ0n) is 23.5. The highest BCUT2D eigenvalue weighted by atomic mass is 32.2. The van der Waals surface area contributed by atoms with E-state index in [0.29, 0.717) is 18.6 Å². The molecular formula is C28H44N4O5S. The maximum Gasteiger partial charge on any atom is 0.243 e. The summed E-state index contributed by atoms with van der Waals surface area (Å²) in [6.45, 7) is 9.01. The number of benzene rings is 1. The van der Waals surface area contributed by atoms with Gasteiger partial charge < -0.3 is 21.3 Å². The van der Waals surface area contributed by atoms with Gasteiger partial charge in [-0.15, -0.1) is 0 Å². The van der Waals surface area contributed by atoms with Gasteiger partial charge >= 0.3 is 0 Å². The van der Waals surface area contributed by atoms with Gasteiger partial charge in [0.25, 0.3) is 0 Å². The number of amides is 4. The summed E-state index contributed by atoms with van der Waals surface area (Å²) in [7, 11) is 0. The van der Waals surface area contributed by atoms with Gasteiger partial charge in [0.2, 0.25) is 23.6 Å². The van der Waals surface area contributed by atoms with Gasteiger partial charge in [0.1, 0.15) is 23.9 Å². The Morgan fingerprint density at radius 2 is 1.42 bits per heavy atom. The molecule has 0 aliphatic heterocycles. The Balaban J connectivity index is 3.04. The second kappa shape index (κ2) is 17.6. The highest BCUT2D eigenvalue weighted by Gasteiger charge is 2.30. The Morgan fingerprint density at radius 1 is 0.816 bits per heavy atom. The molecule has 0 saturated carbocycles. The van der Waals surface area contributed by atoms with Gasteiger partial charge in [-0.05, 0) is 36.3 Å². The number of thioether (sulfide) groups is 1. The van der Waals surface area contributed by atoms with Crippen LogP contribution in [0.2, 0.25) is 0 Å². The lowest BCUT2D eigenvalue weighted by molar-refractivity contribution is -0.133. The van der Waals surface area contributed by atoms with Gasteiger partial charge in [-0.3, -0.25) is 24.0 Å². The van der Waals surface area contributed by atoms with Crippen molar-refractivity contribution in [1.82, 2.24) is 21.3 Å². The first-order valence-corrected chi connectivity index (χ1v) is 14.5. The van der Waals surface area contributed by atoms with Gasteiger partial charge in [0, 0.05) is 32.2 Å². The van der Waals surface area contributed by atoms with Crippen LogP contribution in [0.5, 0.6) is 0 Å². The van der Waals surface area contributed by atoms with Crippen LogP contribution in [-0.2, 0) is 30.4 Å². The average molecular weight is 549 g/mol. The molecule has 4 N–H and O–H groups in total. The van der Waals surface area contributed by atoms with Gasteiger partial charge in [0.15, 0.2) is 0 Å². The minimum Gasteiger partial charge on any atom is -0.354 e. The minimum atomic E-state index is -0.895. The quantitative estimate of drug-likeness (QED) is 0.236. The smallest absolute Gasteiger partial charge is 0.243 e. The second-order valence-electron chi connectivity index (χ2n) is 10.1. The average Bonchev–Trinajstić information content (AvgIpc) is 2.85. The fraction of sp³-hybridized carbons (Fsp3) is 0.607.